The molecule has 17 heavy (non-hydrogen) atoms. The quantitative estimate of drug-likeness (QED) is 0.882. The lowest BCUT2D eigenvalue weighted by Gasteiger charge is -2.04. The van der Waals surface area contributed by atoms with E-state index in [2.05, 4.69) is 9.97 Å². The fourth-order valence-electron chi connectivity index (χ4n) is 1.66. The van der Waals surface area contributed by atoms with Crippen LogP contribution in [0.25, 0.3) is 0 Å². The highest BCUT2D eigenvalue weighted by atomic mass is 19.1. The summed E-state index contributed by atoms with van der Waals surface area (Å²) in [7, 11) is 0. The highest BCUT2D eigenvalue weighted by molar-refractivity contribution is 5.31. The van der Waals surface area contributed by atoms with Crippen LogP contribution in [-0.2, 0) is 12.8 Å². The van der Waals surface area contributed by atoms with Crippen molar-refractivity contribution in [2.45, 2.75) is 19.8 Å². The number of nitrogens with two attached hydrogens (primary N) is 1. The van der Waals surface area contributed by atoms with Gasteiger partial charge in [-0.05, 0) is 24.1 Å². The van der Waals surface area contributed by atoms with E-state index in [1.807, 2.05) is 13.0 Å². The molecule has 2 rings (SSSR count). The maximum absolute atomic E-state index is 13.0. The molecule has 0 radical (unpaired) electrons. The molecule has 0 spiro atoms. The number of rotatable bonds is 3. The van der Waals surface area contributed by atoms with Gasteiger partial charge in [0.1, 0.15) is 17.5 Å². The first-order valence-corrected chi connectivity index (χ1v) is 5.54. The van der Waals surface area contributed by atoms with E-state index in [1.165, 1.54) is 12.1 Å². The first-order valence-electron chi connectivity index (χ1n) is 5.54. The number of aromatic nitrogens is 2. The Kier molecular flexibility index (Phi) is 3.32. The summed E-state index contributed by atoms with van der Waals surface area (Å²) < 4.78 is 13.0. The average molecular weight is 231 g/mol. The predicted octanol–water partition coefficient (Wildman–Crippen LogP) is 2.35. The van der Waals surface area contributed by atoms with E-state index in [9.17, 15) is 4.39 Å². The van der Waals surface area contributed by atoms with Gasteiger partial charge in [0, 0.05) is 18.2 Å². The van der Waals surface area contributed by atoms with Crippen molar-refractivity contribution in [2.75, 3.05) is 5.73 Å². The van der Waals surface area contributed by atoms with Gasteiger partial charge in [0.25, 0.3) is 0 Å². The Bertz CT molecular complexity index is 526. The normalized spacial score (nSPS) is 10.5. The van der Waals surface area contributed by atoms with Crippen LogP contribution in [0.3, 0.4) is 0 Å². The van der Waals surface area contributed by atoms with Gasteiger partial charge in [0.05, 0.1) is 0 Å². The van der Waals surface area contributed by atoms with Gasteiger partial charge in [-0.15, -0.1) is 0 Å². The van der Waals surface area contributed by atoms with E-state index in [0.717, 1.165) is 17.7 Å². The van der Waals surface area contributed by atoms with Crippen LogP contribution in [0.5, 0.6) is 0 Å². The molecule has 0 fully saturated rings. The van der Waals surface area contributed by atoms with Gasteiger partial charge in [0.15, 0.2) is 0 Å². The van der Waals surface area contributed by atoms with Gasteiger partial charge >= 0.3 is 0 Å². The van der Waals surface area contributed by atoms with E-state index in [1.54, 1.807) is 12.1 Å². The van der Waals surface area contributed by atoms with Crippen LogP contribution in [-0.4, -0.2) is 9.97 Å². The fraction of sp³-hybridized carbons (Fsp3) is 0.231. The molecule has 1 aromatic heterocycles. The maximum Gasteiger partial charge on any atom is 0.135 e. The third-order valence-corrected chi connectivity index (χ3v) is 2.46. The Morgan fingerprint density at radius 3 is 2.76 bits per heavy atom. The van der Waals surface area contributed by atoms with Crippen LogP contribution in [0.2, 0.25) is 0 Å². The molecule has 0 saturated carbocycles. The second-order valence-corrected chi connectivity index (χ2v) is 3.86. The van der Waals surface area contributed by atoms with Crippen LogP contribution in [0.15, 0.2) is 30.3 Å². The van der Waals surface area contributed by atoms with Gasteiger partial charge in [-0.1, -0.05) is 19.1 Å². The zero-order valence-corrected chi connectivity index (χ0v) is 9.65. The number of hydrogen-bond donors (Lipinski definition) is 1. The first kappa shape index (κ1) is 11.5. The van der Waals surface area contributed by atoms with Crippen molar-refractivity contribution in [1.29, 1.82) is 0 Å². The summed E-state index contributed by atoms with van der Waals surface area (Å²) in [6, 6.07) is 8.19. The van der Waals surface area contributed by atoms with E-state index < -0.39 is 0 Å². The molecule has 0 bridgehead atoms. The Balaban J connectivity index is 2.26. The number of nitrogens with zero attached hydrogens (tertiary/aromatic N) is 2. The zero-order chi connectivity index (χ0) is 12.3. The largest absolute Gasteiger partial charge is 0.384 e. The minimum Gasteiger partial charge on any atom is -0.384 e. The number of aryl methyl sites for hydroxylation is 1. The van der Waals surface area contributed by atoms with Gasteiger partial charge in [-0.2, -0.15) is 0 Å². The Morgan fingerprint density at radius 2 is 2.06 bits per heavy atom. The van der Waals surface area contributed by atoms with Crippen molar-refractivity contribution in [1.82, 2.24) is 9.97 Å². The summed E-state index contributed by atoms with van der Waals surface area (Å²) in [5.41, 5.74) is 7.44. The Labute approximate surface area is 99.5 Å². The molecule has 0 aliphatic rings. The van der Waals surface area contributed by atoms with Gasteiger partial charge in [-0.3, -0.25) is 0 Å². The molecule has 0 amide bonds. The van der Waals surface area contributed by atoms with Crippen molar-refractivity contribution in [3.05, 3.63) is 53.2 Å². The van der Waals surface area contributed by atoms with E-state index in [0.29, 0.717) is 18.1 Å². The number of nitrogen functional groups attached to an aromatic ring is 1. The number of halogens is 1. The third-order valence-electron chi connectivity index (χ3n) is 2.46. The van der Waals surface area contributed by atoms with E-state index in [-0.39, 0.29) is 5.82 Å². The second kappa shape index (κ2) is 4.91. The van der Waals surface area contributed by atoms with Crippen LogP contribution < -0.4 is 5.73 Å². The highest BCUT2D eigenvalue weighted by Gasteiger charge is 2.03. The highest BCUT2D eigenvalue weighted by Crippen LogP contribution is 2.10. The number of anilines is 1. The molecule has 3 nitrogen and oxygen atoms in total. The molecule has 0 aliphatic heterocycles. The molecular formula is C13H14FN3. The van der Waals surface area contributed by atoms with Crippen LogP contribution in [0.4, 0.5) is 10.2 Å². The standard InChI is InChI=1S/C13H14FN3/c1-2-11-8-12(15)17-13(16-11)7-9-4-3-5-10(14)6-9/h3-6,8H,2,7H2,1H3,(H2,15,16,17). The van der Waals surface area contributed by atoms with E-state index in [4.69, 9.17) is 5.73 Å². The van der Waals surface area contributed by atoms with Crippen LogP contribution in [0.1, 0.15) is 24.0 Å². The number of hydrogen-bond acceptors (Lipinski definition) is 3. The summed E-state index contributed by atoms with van der Waals surface area (Å²) in [4.78, 5) is 8.51. The molecule has 1 heterocycles. The SMILES string of the molecule is CCc1cc(N)nc(Cc2cccc(F)c2)n1. The molecular weight excluding hydrogens is 217 g/mol. The van der Waals surface area contributed by atoms with Crippen LogP contribution >= 0.6 is 0 Å². The minimum absolute atomic E-state index is 0.248. The topological polar surface area (TPSA) is 51.8 Å². The molecule has 0 saturated heterocycles. The van der Waals surface area contributed by atoms with Crippen molar-refractivity contribution >= 4 is 5.82 Å². The van der Waals surface area contributed by atoms with Crippen molar-refractivity contribution in [3.63, 3.8) is 0 Å². The third kappa shape index (κ3) is 3.00. The molecule has 0 unspecified atom stereocenters. The smallest absolute Gasteiger partial charge is 0.135 e. The van der Waals surface area contributed by atoms with E-state index >= 15 is 0 Å². The lowest BCUT2D eigenvalue weighted by molar-refractivity contribution is 0.625. The molecule has 88 valence electrons. The van der Waals surface area contributed by atoms with Crippen LogP contribution in [0, 0.1) is 5.82 Å². The predicted molar refractivity (Wildman–Crippen MR) is 65.0 cm³/mol. The van der Waals surface area contributed by atoms with Crippen molar-refractivity contribution < 1.29 is 4.39 Å². The molecule has 2 N–H and O–H groups in total. The Hall–Kier alpha value is -1.97. The molecule has 2 aromatic rings. The average Bonchev–Trinajstić information content (AvgIpc) is 2.28. The summed E-state index contributed by atoms with van der Waals surface area (Å²) in [6.45, 7) is 2.01. The summed E-state index contributed by atoms with van der Waals surface area (Å²) in [5.74, 6) is 0.845. The fourth-order valence-corrected chi connectivity index (χ4v) is 1.66. The second-order valence-electron chi connectivity index (χ2n) is 3.86. The molecule has 4 heteroatoms. The summed E-state index contributed by atoms with van der Waals surface area (Å²) >= 11 is 0. The molecule has 0 aliphatic carbocycles. The molecule has 0 atom stereocenters. The lowest BCUT2D eigenvalue weighted by Crippen LogP contribution is -2.03. The first-order chi connectivity index (χ1) is 8.17. The van der Waals surface area contributed by atoms with Gasteiger partial charge < -0.3 is 5.73 Å². The zero-order valence-electron chi connectivity index (χ0n) is 9.65. The van der Waals surface area contributed by atoms with Gasteiger partial charge in [0.2, 0.25) is 0 Å². The summed E-state index contributed by atoms with van der Waals surface area (Å²) in [5, 5.41) is 0. The lowest BCUT2D eigenvalue weighted by atomic mass is 10.1. The number of benzene rings is 1. The maximum atomic E-state index is 13.0. The summed E-state index contributed by atoms with van der Waals surface area (Å²) in [6.07, 6.45) is 1.30. The monoisotopic (exact) mass is 231 g/mol. The Morgan fingerprint density at radius 1 is 1.24 bits per heavy atom. The minimum atomic E-state index is -0.248. The van der Waals surface area contributed by atoms with Gasteiger partial charge in [-0.25, -0.2) is 14.4 Å². The van der Waals surface area contributed by atoms with Crippen molar-refractivity contribution in [2.24, 2.45) is 0 Å². The molecule has 1 aromatic carbocycles. The van der Waals surface area contributed by atoms with Crippen molar-refractivity contribution in [3.8, 4) is 0 Å².